The van der Waals surface area contributed by atoms with Gasteiger partial charge >= 0.3 is 5.97 Å². The van der Waals surface area contributed by atoms with Gasteiger partial charge in [0, 0.05) is 6.54 Å². The second kappa shape index (κ2) is 7.63. The predicted octanol–water partition coefficient (Wildman–Crippen LogP) is 2.10. The van der Waals surface area contributed by atoms with Crippen molar-refractivity contribution in [2.45, 2.75) is 4.90 Å². The first kappa shape index (κ1) is 18.2. The molecule has 8 heteroatoms. The van der Waals surface area contributed by atoms with Gasteiger partial charge in [0.15, 0.2) is 0 Å². The molecule has 0 saturated heterocycles. The molecule has 1 amide bonds. The highest BCUT2D eigenvalue weighted by atomic mass is 32.2. The Morgan fingerprint density at radius 3 is 2.52 bits per heavy atom. The van der Waals surface area contributed by atoms with Crippen LogP contribution >= 0.6 is 0 Å². The highest BCUT2D eigenvalue weighted by Crippen LogP contribution is 2.21. The Morgan fingerprint density at radius 2 is 1.84 bits per heavy atom. The van der Waals surface area contributed by atoms with Crippen molar-refractivity contribution in [1.29, 1.82) is 0 Å². The molecule has 0 radical (unpaired) electrons. The van der Waals surface area contributed by atoms with Crippen LogP contribution in [0.2, 0.25) is 0 Å². The van der Waals surface area contributed by atoms with Gasteiger partial charge in [-0.15, -0.1) is 6.58 Å². The average Bonchev–Trinajstić information content (AvgIpc) is 2.60. The van der Waals surface area contributed by atoms with Crippen LogP contribution in [-0.2, 0) is 10.0 Å². The molecule has 0 aromatic heterocycles. The monoisotopic (exact) mass is 360 g/mol. The number of benzene rings is 2. The summed E-state index contributed by atoms with van der Waals surface area (Å²) in [7, 11) is -4.06. The number of aromatic carboxylic acids is 1. The van der Waals surface area contributed by atoms with E-state index >= 15 is 0 Å². The third kappa shape index (κ3) is 4.45. The molecule has 25 heavy (non-hydrogen) atoms. The standard InChI is InChI=1S/C17H16N2O5S/c1-2-10-18-16(20)14-8-3-4-9-15(14)19-25(23,24)13-7-5-6-12(11-13)17(21)22/h2-9,11,19H,1,10H2,(H,18,20)(H,21,22). The molecular formula is C17H16N2O5S. The fourth-order valence-electron chi connectivity index (χ4n) is 2.03. The largest absolute Gasteiger partial charge is 0.478 e. The zero-order valence-electron chi connectivity index (χ0n) is 13.1. The third-order valence-corrected chi connectivity index (χ3v) is 4.58. The summed E-state index contributed by atoms with van der Waals surface area (Å²) < 4.78 is 27.3. The van der Waals surface area contributed by atoms with E-state index < -0.39 is 21.9 Å². The summed E-state index contributed by atoms with van der Waals surface area (Å²) in [6, 6.07) is 11.0. The summed E-state index contributed by atoms with van der Waals surface area (Å²) in [6.45, 7) is 3.73. The molecule has 0 spiro atoms. The van der Waals surface area contributed by atoms with Crippen LogP contribution in [0, 0.1) is 0 Å². The number of amides is 1. The number of carboxylic acid groups (broad SMARTS) is 1. The Kier molecular flexibility index (Phi) is 5.56. The highest BCUT2D eigenvalue weighted by Gasteiger charge is 2.19. The number of sulfonamides is 1. The van der Waals surface area contributed by atoms with E-state index in [-0.39, 0.29) is 28.3 Å². The van der Waals surface area contributed by atoms with Crippen molar-refractivity contribution >= 4 is 27.6 Å². The number of nitrogens with one attached hydrogen (secondary N) is 2. The highest BCUT2D eigenvalue weighted by molar-refractivity contribution is 7.92. The first-order valence-electron chi connectivity index (χ1n) is 7.19. The van der Waals surface area contributed by atoms with Crippen molar-refractivity contribution < 1.29 is 23.1 Å². The van der Waals surface area contributed by atoms with Gasteiger partial charge in [0.2, 0.25) is 0 Å². The smallest absolute Gasteiger partial charge is 0.335 e. The zero-order chi connectivity index (χ0) is 18.4. The van der Waals surface area contributed by atoms with Gasteiger partial charge in [-0.3, -0.25) is 9.52 Å². The topological polar surface area (TPSA) is 113 Å². The minimum atomic E-state index is -4.06. The maximum atomic E-state index is 12.5. The van der Waals surface area contributed by atoms with Crippen LogP contribution in [0.1, 0.15) is 20.7 Å². The van der Waals surface area contributed by atoms with Gasteiger partial charge in [0.25, 0.3) is 15.9 Å². The first-order chi connectivity index (χ1) is 11.8. The van der Waals surface area contributed by atoms with Crippen LogP contribution in [0.25, 0.3) is 0 Å². The van der Waals surface area contributed by atoms with Gasteiger partial charge in [0.1, 0.15) is 0 Å². The molecule has 0 aliphatic heterocycles. The van der Waals surface area contributed by atoms with Gasteiger partial charge in [-0.1, -0.05) is 24.3 Å². The van der Waals surface area contributed by atoms with Crippen molar-refractivity contribution in [3.8, 4) is 0 Å². The minimum Gasteiger partial charge on any atom is -0.478 e. The van der Waals surface area contributed by atoms with Gasteiger partial charge in [-0.2, -0.15) is 0 Å². The second-order valence-corrected chi connectivity index (χ2v) is 6.67. The molecule has 0 atom stereocenters. The summed E-state index contributed by atoms with van der Waals surface area (Å²) in [5.41, 5.74) is 0.0759. The number of rotatable bonds is 7. The maximum absolute atomic E-state index is 12.5. The Labute approximate surface area is 145 Å². The summed E-state index contributed by atoms with van der Waals surface area (Å²) in [5.74, 6) is -1.70. The van der Waals surface area contributed by atoms with E-state index in [2.05, 4.69) is 16.6 Å². The lowest BCUT2D eigenvalue weighted by Gasteiger charge is -2.12. The van der Waals surface area contributed by atoms with Crippen LogP contribution in [-0.4, -0.2) is 31.9 Å². The Morgan fingerprint density at radius 1 is 1.12 bits per heavy atom. The lowest BCUT2D eigenvalue weighted by Crippen LogP contribution is -2.25. The van der Waals surface area contributed by atoms with Crippen molar-refractivity contribution in [1.82, 2.24) is 5.32 Å². The Bertz CT molecular complexity index is 922. The lowest BCUT2D eigenvalue weighted by molar-refractivity contribution is 0.0696. The van der Waals surface area contributed by atoms with E-state index in [4.69, 9.17) is 5.11 Å². The van der Waals surface area contributed by atoms with E-state index in [0.29, 0.717) is 0 Å². The number of carboxylic acids is 1. The number of hydrogen-bond acceptors (Lipinski definition) is 4. The fraction of sp³-hybridized carbons (Fsp3) is 0.0588. The normalized spacial score (nSPS) is 10.7. The predicted molar refractivity (Wildman–Crippen MR) is 93.2 cm³/mol. The number of hydrogen-bond donors (Lipinski definition) is 3. The quantitative estimate of drug-likeness (QED) is 0.655. The number of anilines is 1. The molecule has 2 rings (SSSR count). The van der Waals surface area contributed by atoms with Crippen LogP contribution in [0.15, 0.2) is 66.1 Å². The van der Waals surface area contributed by atoms with E-state index in [1.54, 1.807) is 12.1 Å². The zero-order valence-corrected chi connectivity index (χ0v) is 13.9. The van der Waals surface area contributed by atoms with Gasteiger partial charge in [-0.25, -0.2) is 13.2 Å². The minimum absolute atomic E-state index is 0.0878. The Balaban J connectivity index is 2.35. The van der Waals surface area contributed by atoms with Gasteiger partial charge in [-0.05, 0) is 30.3 Å². The van der Waals surface area contributed by atoms with Gasteiger partial charge < -0.3 is 10.4 Å². The van der Waals surface area contributed by atoms with E-state index in [0.717, 1.165) is 6.07 Å². The molecule has 3 N–H and O–H groups in total. The van der Waals surface area contributed by atoms with Gasteiger partial charge in [0.05, 0.1) is 21.7 Å². The number of carbonyl (C=O) groups excluding carboxylic acids is 1. The fourth-order valence-corrected chi connectivity index (χ4v) is 3.16. The van der Waals surface area contributed by atoms with E-state index in [1.807, 2.05) is 0 Å². The van der Waals surface area contributed by atoms with Crippen LogP contribution < -0.4 is 10.0 Å². The van der Waals surface area contributed by atoms with Crippen molar-refractivity contribution in [2.75, 3.05) is 11.3 Å². The molecule has 0 bridgehead atoms. The Hall–Kier alpha value is -3.13. The molecule has 130 valence electrons. The second-order valence-electron chi connectivity index (χ2n) is 4.98. The van der Waals surface area contributed by atoms with E-state index in [1.165, 1.54) is 36.4 Å². The van der Waals surface area contributed by atoms with Crippen molar-refractivity contribution in [3.63, 3.8) is 0 Å². The molecular weight excluding hydrogens is 344 g/mol. The van der Waals surface area contributed by atoms with Crippen molar-refractivity contribution in [2.24, 2.45) is 0 Å². The SMILES string of the molecule is C=CCNC(=O)c1ccccc1NS(=O)(=O)c1cccc(C(=O)O)c1. The molecule has 0 unspecified atom stereocenters. The number of carbonyl (C=O) groups is 2. The molecule has 0 heterocycles. The van der Waals surface area contributed by atoms with Crippen molar-refractivity contribution in [3.05, 3.63) is 72.3 Å². The first-order valence-corrected chi connectivity index (χ1v) is 8.68. The maximum Gasteiger partial charge on any atom is 0.335 e. The summed E-state index contributed by atoms with van der Waals surface area (Å²) in [5, 5.41) is 11.6. The average molecular weight is 360 g/mol. The van der Waals surface area contributed by atoms with Crippen LogP contribution in [0.5, 0.6) is 0 Å². The molecule has 2 aromatic rings. The molecule has 0 aliphatic carbocycles. The molecule has 0 saturated carbocycles. The summed E-state index contributed by atoms with van der Waals surface area (Å²) in [4.78, 5) is 22.9. The summed E-state index contributed by atoms with van der Waals surface area (Å²) in [6.07, 6.45) is 1.50. The molecule has 2 aromatic carbocycles. The summed E-state index contributed by atoms with van der Waals surface area (Å²) >= 11 is 0. The molecule has 0 fully saturated rings. The van der Waals surface area contributed by atoms with Crippen LogP contribution in [0.4, 0.5) is 5.69 Å². The lowest BCUT2D eigenvalue weighted by atomic mass is 10.1. The third-order valence-electron chi connectivity index (χ3n) is 3.21. The molecule has 0 aliphatic rings. The van der Waals surface area contributed by atoms with E-state index in [9.17, 15) is 18.0 Å². The van der Waals surface area contributed by atoms with Crippen LogP contribution in [0.3, 0.4) is 0 Å². The number of para-hydroxylation sites is 1. The molecule has 7 nitrogen and oxygen atoms in total.